The molecule has 0 aromatic heterocycles. The second-order valence-electron chi connectivity index (χ2n) is 6.75. The molecule has 156 valence electrons. The number of carbonyl (C=O) groups excluding carboxylic acids is 1. The fourth-order valence-corrected chi connectivity index (χ4v) is 2.94. The van der Waals surface area contributed by atoms with Crippen molar-refractivity contribution in [2.45, 2.75) is 12.8 Å². The summed E-state index contributed by atoms with van der Waals surface area (Å²) >= 11 is 0. The van der Waals surface area contributed by atoms with E-state index < -0.39 is 0 Å². The number of ether oxygens (including phenoxy) is 3. The van der Waals surface area contributed by atoms with Crippen molar-refractivity contribution in [3.8, 4) is 11.5 Å². The second-order valence-corrected chi connectivity index (χ2v) is 6.75. The van der Waals surface area contributed by atoms with E-state index in [4.69, 9.17) is 14.2 Å². The van der Waals surface area contributed by atoms with E-state index in [0.29, 0.717) is 42.6 Å². The Kier molecular flexibility index (Phi) is 8.30. The molecule has 3 rings (SSSR count). The standard InChI is InChI=1S/C25H27NO4/c1-28-18-19-29-22-15-13-21(14-16-22)25(27)26-23-11-5-6-12-24(23)30-17-7-10-20-8-3-2-4-9-20/h2-6,8-9,11-16H,7,10,17-19H2,1H3,(H,26,27). The summed E-state index contributed by atoms with van der Waals surface area (Å²) in [6.07, 6.45) is 1.85. The van der Waals surface area contributed by atoms with Gasteiger partial charge in [0.2, 0.25) is 0 Å². The van der Waals surface area contributed by atoms with Crippen LogP contribution in [0.3, 0.4) is 0 Å². The summed E-state index contributed by atoms with van der Waals surface area (Å²) < 4.78 is 16.4. The van der Waals surface area contributed by atoms with Gasteiger partial charge < -0.3 is 19.5 Å². The molecule has 3 aromatic carbocycles. The summed E-state index contributed by atoms with van der Waals surface area (Å²) in [7, 11) is 1.63. The number of nitrogens with one attached hydrogen (secondary N) is 1. The third kappa shape index (κ3) is 6.64. The van der Waals surface area contributed by atoms with Crippen LogP contribution in [0.4, 0.5) is 5.69 Å². The van der Waals surface area contributed by atoms with Gasteiger partial charge >= 0.3 is 0 Å². The van der Waals surface area contributed by atoms with Crippen LogP contribution in [-0.4, -0.2) is 32.8 Å². The minimum Gasteiger partial charge on any atom is -0.491 e. The zero-order valence-electron chi connectivity index (χ0n) is 17.2. The first-order chi connectivity index (χ1) is 14.8. The van der Waals surface area contributed by atoms with Crippen molar-refractivity contribution in [1.82, 2.24) is 0 Å². The lowest BCUT2D eigenvalue weighted by atomic mass is 10.1. The molecule has 0 fully saturated rings. The lowest BCUT2D eigenvalue weighted by molar-refractivity contribution is 0.102. The molecule has 0 saturated carbocycles. The van der Waals surface area contributed by atoms with E-state index in [2.05, 4.69) is 17.4 Å². The van der Waals surface area contributed by atoms with Crippen LogP contribution in [0, 0.1) is 0 Å². The van der Waals surface area contributed by atoms with Gasteiger partial charge in [-0.15, -0.1) is 0 Å². The van der Waals surface area contributed by atoms with Gasteiger partial charge in [-0.3, -0.25) is 4.79 Å². The van der Waals surface area contributed by atoms with Crippen LogP contribution in [-0.2, 0) is 11.2 Å². The molecule has 0 spiro atoms. The molecule has 5 heteroatoms. The molecule has 0 heterocycles. The zero-order valence-corrected chi connectivity index (χ0v) is 17.2. The molecule has 1 N–H and O–H groups in total. The first-order valence-corrected chi connectivity index (χ1v) is 10.0. The average molecular weight is 405 g/mol. The Hall–Kier alpha value is -3.31. The molecule has 0 aliphatic rings. The van der Waals surface area contributed by atoms with Crippen LogP contribution in [0.1, 0.15) is 22.3 Å². The molecule has 0 radical (unpaired) electrons. The van der Waals surface area contributed by atoms with Crippen molar-refractivity contribution in [3.63, 3.8) is 0 Å². The minimum atomic E-state index is -0.196. The number of amides is 1. The van der Waals surface area contributed by atoms with E-state index in [9.17, 15) is 4.79 Å². The van der Waals surface area contributed by atoms with Crippen molar-refractivity contribution in [1.29, 1.82) is 0 Å². The Bertz CT molecular complexity index is 910. The fourth-order valence-electron chi connectivity index (χ4n) is 2.94. The van der Waals surface area contributed by atoms with Gasteiger partial charge in [-0.25, -0.2) is 0 Å². The fraction of sp³-hybridized carbons (Fsp3) is 0.240. The third-order valence-electron chi connectivity index (χ3n) is 4.52. The minimum absolute atomic E-state index is 0.196. The summed E-state index contributed by atoms with van der Waals surface area (Å²) in [4.78, 5) is 12.6. The summed E-state index contributed by atoms with van der Waals surface area (Å²) in [6, 6.07) is 24.8. The van der Waals surface area contributed by atoms with Crippen molar-refractivity contribution in [2.24, 2.45) is 0 Å². The summed E-state index contributed by atoms with van der Waals surface area (Å²) in [5, 5.41) is 2.93. The summed E-state index contributed by atoms with van der Waals surface area (Å²) in [5.74, 6) is 1.17. The van der Waals surface area contributed by atoms with Crippen LogP contribution in [0.25, 0.3) is 0 Å². The number of carbonyl (C=O) groups is 1. The number of methoxy groups -OCH3 is 1. The highest BCUT2D eigenvalue weighted by molar-refractivity contribution is 6.05. The van der Waals surface area contributed by atoms with Crippen LogP contribution in [0.5, 0.6) is 11.5 Å². The first kappa shape index (κ1) is 21.4. The second kappa shape index (κ2) is 11.6. The Morgan fingerprint density at radius 2 is 1.53 bits per heavy atom. The van der Waals surface area contributed by atoms with Crippen LogP contribution in [0.15, 0.2) is 78.9 Å². The smallest absolute Gasteiger partial charge is 0.255 e. The number of anilines is 1. The summed E-state index contributed by atoms with van der Waals surface area (Å²) in [6.45, 7) is 1.57. The number of hydrogen-bond donors (Lipinski definition) is 1. The highest BCUT2D eigenvalue weighted by Crippen LogP contribution is 2.25. The molecule has 5 nitrogen and oxygen atoms in total. The van der Waals surface area contributed by atoms with E-state index in [-0.39, 0.29) is 5.91 Å². The highest BCUT2D eigenvalue weighted by atomic mass is 16.5. The quantitative estimate of drug-likeness (QED) is 0.457. The van der Waals surface area contributed by atoms with Gasteiger partial charge in [0.25, 0.3) is 5.91 Å². The largest absolute Gasteiger partial charge is 0.491 e. The van der Waals surface area contributed by atoms with E-state index in [0.717, 1.165) is 12.8 Å². The molecular weight excluding hydrogens is 378 g/mol. The normalized spacial score (nSPS) is 10.4. The maximum atomic E-state index is 12.6. The maximum absolute atomic E-state index is 12.6. The molecule has 0 aliphatic carbocycles. The highest BCUT2D eigenvalue weighted by Gasteiger charge is 2.10. The van der Waals surface area contributed by atoms with Crippen molar-refractivity contribution < 1.29 is 19.0 Å². The molecule has 0 aliphatic heterocycles. The molecule has 30 heavy (non-hydrogen) atoms. The first-order valence-electron chi connectivity index (χ1n) is 10.0. The van der Waals surface area contributed by atoms with Crippen molar-refractivity contribution in [2.75, 3.05) is 32.2 Å². The van der Waals surface area contributed by atoms with E-state index >= 15 is 0 Å². The maximum Gasteiger partial charge on any atom is 0.255 e. The van der Waals surface area contributed by atoms with Crippen LogP contribution >= 0.6 is 0 Å². The number of benzene rings is 3. The van der Waals surface area contributed by atoms with Crippen molar-refractivity contribution in [3.05, 3.63) is 90.0 Å². The molecule has 0 saturated heterocycles. The van der Waals surface area contributed by atoms with Gasteiger partial charge in [0.15, 0.2) is 0 Å². The molecule has 1 amide bonds. The lowest BCUT2D eigenvalue weighted by Gasteiger charge is -2.13. The van der Waals surface area contributed by atoms with Gasteiger partial charge in [0.05, 0.1) is 18.9 Å². The van der Waals surface area contributed by atoms with Gasteiger partial charge in [-0.05, 0) is 54.8 Å². The predicted octanol–water partition coefficient (Wildman–Crippen LogP) is 4.98. The zero-order chi connectivity index (χ0) is 21.0. The van der Waals surface area contributed by atoms with Gasteiger partial charge in [-0.1, -0.05) is 42.5 Å². The summed E-state index contributed by atoms with van der Waals surface area (Å²) in [5.41, 5.74) is 2.49. The van der Waals surface area contributed by atoms with E-state index in [1.165, 1.54) is 5.56 Å². The van der Waals surface area contributed by atoms with Gasteiger partial charge in [0.1, 0.15) is 18.1 Å². The lowest BCUT2D eigenvalue weighted by Crippen LogP contribution is -2.13. The van der Waals surface area contributed by atoms with Crippen LogP contribution < -0.4 is 14.8 Å². The van der Waals surface area contributed by atoms with E-state index in [1.54, 1.807) is 31.4 Å². The number of hydrogen-bond acceptors (Lipinski definition) is 4. The Morgan fingerprint density at radius 3 is 2.30 bits per heavy atom. The molecule has 0 unspecified atom stereocenters. The molecular formula is C25H27NO4. The molecule has 0 atom stereocenters. The topological polar surface area (TPSA) is 56.8 Å². The number of para-hydroxylation sites is 2. The predicted molar refractivity (Wildman–Crippen MR) is 118 cm³/mol. The number of rotatable bonds is 11. The Labute approximate surface area is 177 Å². The monoisotopic (exact) mass is 405 g/mol. The third-order valence-corrected chi connectivity index (χ3v) is 4.52. The Morgan fingerprint density at radius 1 is 0.800 bits per heavy atom. The van der Waals surface area contributed by atoms with E-state index in [1.807, 2.05) is 42.5 Å². The molecule has 0 bridgehead atoms. The van der Waals surface area contributed by atoms with Gasteiger partial charge in [-0.2, -0.15) is 0 Å². The SMILES string of the molecule is COCCOc1ccc(C(=O)Nc2ccccc2OCCCc2ccccc2)cc1. The molecule has 3 aromatic rings. The number of aryl methyl sites for hydroxylation is 1. The van der Waals surface area contributed by atoms with Crippen molar-refractivity contribution >= 4 is 11.6 Å². The van der Waals surface area contributed by atoms with Crippen LogP contribution in [0.2, 0.25) is 0 Å². The average Bonchev–Trinajstić information content (AvgIpc) is 2.79. The Balaban J connectivity index is 1.52. The van der Waals surface area contributed by atoms with Gasteiger partial charge in [0, 0.05) is 12.7 Å².